The van der Waals surface area contributed by atoms with E-state index in [0.29, 0.717) is 24.5 Å². The molecule has 7 heteroatoms. The summed E-state index contributed by atoms with van der Waals surface area (Å²) in [6.07, 6.45) is 3.04. The molecule has 0 aromatic heterocycles. The van der Waals surface area contributed by atoms with E-state index >= 15 is 0 Å². The smallest absolute Gasteiger partial charge is 0.292 e. The minimum atomic E-state index is -0.450. The summed E-state index contributed by atoms with van der Waals surface area (Å²) in [6.45, 7) is 0.857. The second kappa shape index (κ2) is 6.92. The largest absolute Gasteiger partial charge is 0.497 e. The maximum absolute atomic E-state index is 11.6. The molecule has 0 radical (unpaired) electrons. The first-order valence-electron chi connectivity index (χ1n) is 6.96. The minimum Gasteiger partial charge on any atom is -0.497 e. The number of rotatable bonds is 7. The van der Waals surface area contributed by atoms with E-state index in [1.807, 2.05) is 0 Å². The van der Waals surface area contributed by atoms with E-state index in [2.05, 4.69) is 10.6 Å². The number of ether oxygens (including phenoxy) is 1. The molecule has 0 saturated heterocycles. The van der Waals surface area contributed by atoms with Crippen molar-refractivity contribution in [1.29, 1.82) is 0 Å². The number of carbonyl (C=O) groups is 1. The van der Waals surface area contributed by atoms with Crippen LogP contribution in [0.2, 0.25) is 0 Å². The summed E-state index contributed by atoms with van der Waals surface area (Å²) in [5.41, 5.74) is 0.373. The summed E-state index contributed by atoms with van der Waals surface area (Å²) in [5.74, 6) is 0.765. The first kappa shape index (κ1) is 15.1. The van der Waals surface area contributed by atoms with Crippen LogP contribution in [0.3, 0.4) is 0 Å². The van der Waals surface area contributed by atoms with Crippen molar-refractivity contribution in [2.75, 3.05) is 25.5 Å². The molecule has 2 rings (SSSR count). The van der Waals surface area contributed by atoms with Crippen LogP contribution >= 0.6 is 0 Å². The minimum absolute atomic E-state index is 0.0129. The number of nitrogens with one attached hydrogen (secondary N) is 2. The third-order valence-corrected chi connectivity index (χ3v) is 3.62. The number of anilines is 1. The zero-order chi connectivity index (χ0) is 15.2. The zero-order valence-corrected chi connectivity index (χ0v) is 11.9. The molecule has 1 amide bonds. The van der Waals surface area contributed by atoms with Gasteiger partial charge in [0.25, 0.3) is 5.69 Å². The first-order valence-corrected chi connectivity index (χ1v) is 6.96. The van der Waals surface area contributed by atoms with Crippen LogP contribution in [0.25, 0.3) is 0 Å². The average Bonchev–Trinajstić information content (AvgIpc) is 2.41. The quantitative estimate of drug-likeness (QED) is 0.455. The van der Waals surface area contributed by atoms with Gasteiger partial charge in [-0.25, -0.2) is 0 Å². The molecule has 1 fully saturated rings. The number of nitrogens with zero attached hydrogens (tertiary/aromatic N) is 1. The lowest BCUT2D eigenvalue weighted by Crippen LogP contribution is -2.36. The number of nitro benzene ring substituents is 1. The van der Waals surface area contributed by atoms with E-state index in [4.69, 9.17) is 4.74 Å². The first-order chi connectivity index (χ1) is 10.1. The second-order valence-corrected chi connectivity index (χ2v) is 4.99. The maximum atomic E-state index is 11.6. The molecular weight excluding hydrogens is 274 g/mol. The zero-order valence-electron chi connectivity index (χ0n) is 11.9. The number of methoxy groups -OCH3 is 1. The summed E-state index contributed by atoms with van der Waals surface area (Å²) in [4.78, 5) is 22.1. The van der Waals surface area contributed by atoms with Gasteiger partial charge >= 0.3 is 0 Å². The van der Waals surface area contributed by atoms with Crippen molar-refractivity contribution < 1.29 is 14.5 Å². The molecule has 1 aromatic carbocycles. The standard InChI is InChI=1S/C14H19N3O4/c1-21-11-5-6-13(17(19)20)12(9-11)15-7-8-16-14(18)10-3-2-4-10/h5-6,9-10,15H,2-4,7-8H2,1H3,(H,16,18). The fourth-order valence-electron chi connectivity index (χ4n) is 2.14. The molecule has 114 valence electrons. The Morgan fingerprint density at radius 2 is 2.19 bits per heavy atom. The predicted octanol–water partition coefficient (Wildman–Crippen LogP) is 1.93. The van der Waals surface area contributed by atoms with E-state index in [0.717, 1.165) is 19.3 Å². The van der Waals surface area contributed by atoms with Gasteiger partial charge in [0.1, 0.15) is 11.4 Å². The van der Waals surface area contributed by atoms with Gasteiger partial charge < -0.3 is 15.4 Å². The number of hydrogen-bond donors (Lipinski definition) is 2. The lowest BCUT2D eigenvalue weighted by atomic mass is 9.85. The van der Waals surface area contributed by atoms with Crippen LogP contribution in [0.15, 0.2) is 18.2 Å². The van der Waals surface area contributed by atoms with Crippen LogP contribution in [0.4, 0.5) is 11.4 Å². The second-order valence-electron chi connectivity index (χ2n) is 4.99. The van der Waals surface area contributed by atoms with E-state index in [1.54, 1.807) is 12.1 Å². The molecule has 7 nitrogen and oxygen atoms in total. The summed E-state index contributed by atoms with van der Waals surface area (Å²) in [7, 11) is 1.50. The maximum Gasteiger partial charge on any atom is 0.292 e. The molecule has 0 heterocycles. The Kier molecular flexibility index (Phi) is 4.97. The highest BCUT2D eigenvalue weighted by Crippen LogP contribution is 2.28. The molecule has 1 aromatic rings. The van der Waals surface area contributed by atoms with E-state index in [9.17, 15) is 14.9 Å². The van der Waals surface area contributed by atoms with E-state index < -0.39 is 4.92 Å². The third kappa shape index (κ3) is 3.84. The van der Waals surface area contributed by atoms with Gasteiger partial charge in [0.15, 0.2) is 0 Å². The predicted molar refractivity (Wildman–Crippen MR) is 78.5 cm³/mol. The van der Waals surface area contributed by atoms with Crippen molar-refractivity contribution >= 4 is 17.3 Å². The van der Waals surface area contributed by atoms with E-state index in [1.165, 1.54) is 13.2 Å². The van der Waals surface area contributed by atoms with E-state index in [-0.39, 0.29) is 17.5 Å². The average molecular weight is 293 g/mol. The molecule has 1 saturated carbocycles. The lowest BCUT2D eigenvalue weighted by molar-refractivity contribution is -0.384. The molecule has 0 bridgehead atoms. The third-order valence-electron chi connectivity index (χ3n) is 3.62. The number of hydrogen-bond acceptors (Lipinski definition) is 5. The summed E-state index contributed by atoms with van der Waals surface area (Å²) >= 11 is 0. The van der Waals surface area contributed by atoms with Gasteiger partial charge in [0, 0.05) is 31.1 Å². The van der Waals surface area contributed by atoms with Crippen LogP contribution in [-0.4, -0.2) is 31.0 Å². The van der Waals surface area contributed by atoms with Crippen LogP contribution in [0.5, 0.6) is 5.75 Å². The van der Waals surface area contributed by atoms with Crippen molar-refractivity contribution in [1.82, 2.24) is 5.32 Å². The molecule has 1 aliphatic carbocycles. The van der Waals surface area contributed by atoms with Crippen LogP contribution in [-0.2, 0) is 4.79 Å². The Labute approximate surface area is 122 Å². The van der Waals surface area contributed by atoms with Gasteiger partial charge in [0.2, 0.25) is 5.91 Å². The summed E-state index contributed by atoms with van der Waals surface area (Å²) in [5, 5.41) is 16.7. The van der Waals surface area contributed by atoms with Gasteiger partial charge in [-0.15, -0.1) is 0 Å². The van der Waals surface area contributed by atoms with Crippen LogP contribution < -0.4 is 15.4 Å². The Bertz CT molecular complexity index is 529. The highest BCUT2D eigenvalue weighted by Gasteiger charge is 2.24. The molecule has 0 atom stereocenters. The number of nitro groups is 1. The van der Waals surface area contributed by atoms with Gasteiger partial charge in [-0.3, -0.25) is 14.9 Å². The van der Waals surface area contributed by atoms with Gasteiger partial charge in [-0.1, -0.05) is 6.42 Å². The van der Waals surface area contributed by atoms with Gasteiger partial charge in [0.05, 0.1) is 12.0 Å². The fraction of sp³-hybridized carbons (Fsp3) is 0.500. The number of benzene rings is 1. The van der Waals surface area contributed by atoms with Crippen molar-refractivity contribution in [2.45, 2.75) is 19.3 Å². The molecule has 0 unspecified atom stereocenters. The summed E-state index contributed by atoms with van der Waals surface area (Å²) < 4.78 is 5.06. The van der Waals surface area contributed by atoms with Gasteiger partial charge in [-0.2, -0.15) is 0 Å². The van der Waals surface area contributed by atoms with Crippen molar-refractivity contribution in [3.8, 4) is 5.75 Å². The Hall–Kier alpha value is -2.31. The molecule has 0 aliphatic heterocycles. The summed E-state index contributed by atoms with van der Waals surface area (Å²) in [6, 6.07) is 4.52. The normalized spacial score (nSPS) is 14.1. The molecule has 21 heavy (non-hydrogen) atoms. The SMILES string of the molecule is COc1ccc([N+](=O)[O-])c(NCCNC(=O)C2CCC2)c1. The number of amides is 1. The number of carbonyl (C=O) groups excluding carboxylic acids is 1. The molecular formula is C14H19N3O4. The Morgan fingerprint density at radius 1 is 1.43 bits per heavy atom. The van der Waals surface area contributed by atoms with Crippen LogP contribution in [0, 0.1) is 16.0 Å². The molecule has 2 N–H and O–H groups in total. The van der Waals surface area contributed by atoms with Gasteiger partial charge in [-0.05, 0) is 18.9 Å². The molecule has 1 aliphatic rings. The van der Waals surface area contributed by atoms with Crippen LogP contribution in [0.1, 0.15) is 19.3 Å². The van der Waals surface area contributed by atoms with Crippen molar-refractivity contribution in [3.05, 3.63) is 28.3 Å². The topological polar surface area (TPSA) is 93.5 Å². The Morgan fingerprint density at radius 3 is 2.76 bits per heavy atom. The monoisotopic (exact) mass is 293 g/mol. The lowest BCUT2D eigenvalue weighted by Gasteiger charge is -2.24. The fourth-order valence-corrected chi connectivity index (χ4v) is 2.14. The van der Waals surface area contributed by atoms with Crippen molar-refractivity contribution in [3.63, 3.8) is 0 Å². The molecule has 0 spiro atoms. The Balaban J connectivity index is 1.86. The highest BCUT2D eigenvalue weighted by molar-refractivity contribution is 5.79. The highest BCUT2D eigenvalue weighted by atomic mass is 16.6. The van der Waals surface area contributed by atoms with Crippen molar-refractivity contribution in [2.24, 2.45) is 5.92 Å².